The molecule has 0 aromatic heterocycles. The molecule has 0 saturated carbocycles. The van der Waals surface area contributed by atoms with Gasteiger partial charge in [0.15, 0.2) is 0 Å². The van der Waals surface area contributed by atoms with Crippen molar-refractivity contribution in [2.45, 2.75) is 36.4 Å². The Morgan fingerprint density at radius 3 is 2.38 bits per heavy atom. The molecule has 2 fully saturated rings. The first-order chi connectivity index (χ1) is 15.3. The minimum absolute atomic E-state index is 0.0341. The molecule has 0 spiro atoms. The fraction of sp³-hybridized carbons (Fsp3) is 0.333. The van der Waals surface area contributed by atoms with Crippen LogP contribution in [-0.2, 0) is 26.0 Å². The number of nitrogens with zero attached hydrogens (tertiary/aromatic N) is 3. The Balaban J connectivity index is 1.51. The third-order valence-corrected chi connectivity index (χ3v) is 7.67. The Bertz CT molecular complexity index is 1140. The number of nitro benzene ring substituents is 1. The molecule has 1 N–H and O–H groups in total. The van der Waals surface area contributed by atoms with E-state index in [2.05, 4.69) is 5.32 Å². The van der Waals surface area contributed by atoms with Crippen LogP contribution in [0.5, 0.6) is 0 Å². The number of sulfonamides is 1. The van der Waals surface area contributed by atoms with Gasteiger partial charge >= 0.3 is 0 Å². The normalized spacial score (nSPS) is 22.1. The van der Waals surface area contributed by atoms with E-state index >= 15 is 0 Å². The highest BCUT2D eigenvalue weighted by Crippen LogP contribution is 2.26. The van der Waals surface area contributed by atoms with Crippen LogP contribution >= 0.6 is 0 Å². The Labute approximate surface area is 185 Å². The standard InChI is InChI=1S/C21H22N4O6S/c26-20-11-13-23(32(30,31)17-8-6-16(7-9-17)25(28)29)12-10-19-22-21(27)18(24(19)20)14-15-4-2-1-3-5-15/h1-9,18-19H,10-14H2,(H,22,27)/t18-,19+/m0/s1. The van der Waals surface area contributed by atoms with E-state index in [0.29, 0.717) is 6.42 Å². The number of carbonyl (C=O) groups is 2. The quantitative estimate of drug-likeness (QED) is 0.531. The van der Waals surface area contributed by atoms with E-state index in [1.54, 1.807) is 4.90 Å². The summed E-state index contributed by atoms with van der Waals surface area (Å²) in [5.74, 6) is -0.545. The Hall–Kier alpha value is -3.31. The Morgan fingerprint density at radius 1 is 1.03 bits per heavy atom. The van der Waals surface area contributed by atoms with Gasteiger partial charge < -0.3 is 10.2 Å². The number of carbonyl (C=O) groups excluding carboxylic acids is 2. The van der Waals surface area contributed by atoms with Crippen molar-refractivity contribution < 1.29 is 22.9 Å². The number of nitro groups is 1. The fourth-order valence-corrected chi connectivity index (χ4v) is 5.57. The fourth-order valence-electron chi connectivity index (χ4n) is 4.12. The van der Waals surface area contributed by atoms with Crippen LogP contribution in [0.1, 0.15) is 18.4 Å². The number of benzene rings is 2. The third-order valence-electron chi connectivity index (χ3n) is 5.76. The highest BCUT2D eigenvalue weighted by atomic mass is 32.2. The van der Waals surface area contributed by atoms with Crippen molar-refractivity contribution in [3.05, 3.63) is 70.3 Å². The lowest BCUT2D eigenvalue weighted by atomic mass is 10.0. The number of nitrogens with one attached hydrogen (secondary N) is 1. The van der Waals surface area contributed by atoms with Crippen LogP contribution < -0.4 is 5.32 Å². The molecule has 2 aromatic rings. The van der Waals surface area contributed by atoms with Crippen LogP contribution in [0.3, 0.4) is 0 Å². The summed E-state index contributed by atoms with van der Waals surface area (Å²) in [6.07, 6.45) is -0.0175. The number of hydrogen-bond acceptors (Lipinski definition) is 6. The molecular weight excluding hydrogens is 436 g/mol. The number of rotatable bonds is 5. The lowest BCUT2D eigenvalue weighted by molar-refractivity contribution is -0.384. The zero-order chi connectivity index (χ0) is 22.9. The Morgan fingerprint density at radius 2 is 1.72 bits per heavy atom. The molecule has 0 bridgehead atoms. The molecule has 10 nitrogen and oxygen atoms in total. The number of fused-ring (bicyclic) bond motifs is 1. The van der Waals surface area contributed by atoms with Crippen LogP contribution in [0.4, 0.5) is 5.69 Å². The van der Waals surface area contributed by atoms with E-state index in [1.807, 2.05) is 30.3 Å². The van der Waals surface area contributed by atoms with Gasteiger partial charge in [0.1, 0.15) is 12.2 Å². The molecule has 2 heterocycles. The minimum atomic E-state index is -3.94. The van der Waals surface area contributed by atoms with Crippen molar-refractivity contribution in [1.82, 2.24) is 14.5 Å². The summed E-state index contributed by atoms with van der Waals surface area (Å²) < 4.78 is 27.3. The molecule has 0 unspecified atom stereocenters. The second kappa shape index (κ2) is 8.67. The lowest BCUT2D eigenvalue weighted by Gasteiger charge is -2.33. The average Bonchev–Trinajstić information content (AvgIpc) is 3.07. The third kappa shape index (κ3) is 4.21. The van der Waals surface area contributed by atoms with Gasteiger partial charge in [-0.1, -0.05) is 30.3 Å². The summed E-state index contributed by atoms with van der Waals surface area (Å²) >= 11 is 0. The maximum absolute atomic E-state index is 13.0. The summed E-state index contributed by atoms with van der Waals surface area (Å²) in [6.45, 7) is 0.0692. The second-order valence-electron chi connectivity index (χ2n) is 7.72. The SMILES string of the molecule is O=C1N[C@H]2CCN(S(=O)(=O)c3ccc([N+](=O)[O-])cc3)CCC(=O)N2[C@H]1Cc1ccccc1. The van der Waals surface area contributed by atoms with Gasteiger partial charge in [-0.25, -0.2) is 8.42 Å². The molecule has 0 radical (unpaired) electrons. The summed E-state index contributed by atoms with van der Waals surface area (Å²) in [7, 11) is -3.94. The van der Waals surface area contributed by atoms with E-state index in [-0.39, 0.29) is 48.3 Å². The molecule has 168 valence electrons. The molecule has 2 aliphatic rings. The average molecular weight is 458 g/mol. The van der Waals surface area contributed by atoms with Gasteiger partial charge in [-0.05, 0) is 17.7 Å². The molecule has 2 aromatic carbocycles. The number of amides is 2. The predicted octanol–water partition coefficient (Wildman–Crippen LogP) is 1.28. The number of non-ortho nitro benzene ring substituents is 1. The van der Waals surface area contributed by atoms with Gasteiger partial charge in [-0.3, -0.25) is 19.7 Å². The largest absolute Gasteiger partial charge is 0.334 e. The molecular formula is C21H22N4O6S. The molecule has 2 atom stereocenters. The van der Waals surface area contributed by atoms with Crippen LogP contribution in [-0.4, -0.2) is 59.7 Å². The second-order valence-corrected chi connectivity index (χ2v) is 9.66. The summed E-state index contributed by atoms with van der Waals surface area (Å²) in [4.78, 5) is 37.3. The van der Waals surface area contributed by atoms with Gasteiger partial charge in [0, 0.05) is 44.5 Å². The van der Waals surface area contributed by atoms with E-state index in [1.165, 1.54) is 16.4 Å². The molecule has 4 rings (SSSR count). The van der Waals surface area contributed by atoms with Crippen LogP contribution in [0.15, 0.2) is 59.5 Å². The van der Waals surface area contributed by atoms with E-state index < -0.39 is 27.2 Å². The van der Waals surface area contributed by atoms with Crippen molar-refractivity contribution in [2.75, 3.05) is 13.1 Å². The molecule has 2 amide bonds. The van der Waals surface area contributed by atoms with Gasteiger partial charge in [-0.2, -0.15) is 4.31 Å². The Kier molecular flexibility index (Phi) is 5.94. The van der Waals surface area contributed by atoms with E-state index in [4.69, 9.17) is 0 Å². The van der Waals surface area contributed by atoms with Gasteiger partial charge in [0.25, 0.3) is 5.69 Å². The highest BCUT2D eigenvalue weighted by Gasteiger charge is 2.44. The van der Waals surface area contributed by atoms with Crippen molar-refractivity contribution >= 4 is 27.5 Å². The molecule has 32 heavy (non-hydrogen) atoms. The first kappa shape index (κ1) is 21.9. The topological polar surface area (TPSA) is 130 Å². The molecule has 2 saturated heterocycles. The molecule has 2 aliphatic heterocycles. The highest BCUT2D eigenvalue weighted by molar-refractivity contribution is 7.89. The zero-order valence-electron chi connectivity index (χ0n) is 17.1. The van der Waals surface area contributed by atoms with Gasteiger partial charge in [-0.15, -0.1) is 0 Å². The maximum Gasteiger partial charge on any atom is 0.269 e. The first-order valence-corrected chi connectivity index (χ1v) is 11.6. The van der Waals surface area contributed by atoms with E-state index in [9.17, 15) is 28.1 Å². The predicted molar refractivity (Wildman–Crippen MR) is 114 cm³/mol. The van der Waals surface area contributed by atoms with Crippen molar-refractivity contribution in [1.29, 1.82) is 0 Å². The maximum atomic E-state index is 13.0. The van der Waals surface area contributed by atoms with Crippen molar-refractivity contribution in [2.24, 2.45) is 0 Å². The number of hydrogen-bond donors (Lipinski definition) is 1. The zero-order valence-corrected chi connectivity index (χ0v) is 17.9. The summed E-state index contributed by atoms with van der Waals surface area (Å²) in [5, 5.41) is 13.7. The van der Waals surface area contributed by atoms with Crippen LogP contribution in [0.25, 0.3) is 0 Å². The van der Waals surface area contributed by atoms with Crippen LogP contribution in [0.2, 0.25) is 0 Å². The lowest BCUT2D eigenvalue weighted by Crippen LogP contribution is -2.50. The van der Waals surface area contributed by atoms with E-state index in [0.717, 1.165) is 17.7 Å². The smallest absolute Gasteiger partial charge is 0.269 e. The summed E-state index contributed by atoms with van der Waals surface area (Å²) in [6, 6.07) is 13.4. The minimum Gasteiger partial charge on any atom is -0.334 e. The monoisotopic (exact) mass is 458 g/mol. The summed E-state index contributed by atoms with van der Waals surface area (Å²) in [5.41, 5.74) is 0.728. The van der Waals surface area contributed by atoms with Crippen LogP contribution in [0, 0.1) is 10.1 Å². The van der Waals surface area contributed by atoms with Crippen molar-refractivity contribution in [3.8, 4) is 0 Å². The molecule has 0 aliphatic carbocycles. The first-order valence-electron chi connectivity index (χ1n) is 10.2. The van der Waals surface area contributed by atoms with Crippen molar-refractivity contribution in [3.63, 3.8) is 0 Å². The van der Waals surface area contributed by atoms with Gasteiger partial charge in [0.2, 0.25) is 21.8 Å². The van der Waals surface area contributed by atoms with Gasteiger partial charge in [0.05, 0.1) is 9.82 Å². The molecule has 11 heteroatoms.